The molecule has 0 saturated heterocycles. The van der Waals surface area contributed by atoms with Crippen LogP contribution in [0.25, 0.3) is 22.6 Å². The van der Waals surface area contributed by atoms with Crippen molar-refractivity contribution in [2.24, 2.45) is 0 Å². The zero-order valence-corrected chi connectivity index (χ0v) is 16.7. The summed E-state index contributed by atoms with van der Waals surface area (Å²) in [6, 6.07) is 15.9. The Morgan fingerprint density at radius 3 is 2.38 bits per heavy atom. The van der Waals surface area contributed by atoms with Crippen LogP contribution in [0.3, 0.4) is 0 Å². The van der Waals surface area contributed by atoms with Crippen LogP contribution in [0.4, 0.5) is 5.69 Å². The maximum absolute atomic E-state index is 11.3. The fraction of sp³-hybridized carbons (Fsp3) is 0.273. The largest absolute Gasteiger partial charge is 0.389 e. The number of nitro benzene ring substituents is 1. The van der Waals surface area contributed by atoms with Crippen molar-refractivity contribution in [2.75, 3.05) is 20.6 Å². The lowest BCUT2D eigenvalue weighted by Gasteiger charge is -2.19. The SMILES string of the molecule is CC(O)c1c(CCN(C)C)nc(-c2ccccc2)nc1-c1cccc([N+](=O)[O-])c1. The number of non-ortho nitro benzene ring substituents is 1. The minimum atomic E-state index is -0.814. The molecule has 1 unspecified atom stereocenters. The van der Waals surface area contributed by atoms with Gasteiger partial charge in [-0.3, -0.25) is 10.1 Å². The van der Waals surface area contributed by atoms with E-state index in [1.54, 1.807) is 19.1 Å². The van der Waals surface area contributed by atoms with Crippen molar-refractivity contribution in [3.63, 3.8) is 0 Å². The molecule has 1 aromatic heterocycles. The molecule has 2 aromatic carbocycles. The predicted octanol–water partition coefficient (Wildman–Crippen LogP) is 3.88. The standard InChI is InChI=1S/C22H24N4O3/c1-15(27)20-19(12-13-25(2)3)23-22(16-8-5-4-6-9-16)24-21(20)17-10-7-11-18(14-17)26(28)29/h4-11,14-15,27H,12-13H2,1-3H3. The quantitative estimate of drug-likeness (QED) is 0.485. The molecule has 0 fully saturated rings. The molecule has 1 heterocycles. The van der Waals surface area contributed by atoms with Gasteiger partial charge in [-0.1, -0.05) is 42.5 Å². The van der Waals surface area contributed by atoms with E-state index < -0.39 is 11.0 Å². The topological polar surface area (TPSA) is 92.4 Å². The number of hydrogen-bond donors (Lipinski definition) is 1. The summed E-state index contributed by atoms with van der Waals surface area (Å²) in [5.74, 6) is 0.533. The predicted molar refractivity (Wildman–Crippen MR) is 112 cm³/mol. The first-order chi connectivity index (χ1) is 13.9. The number of aromatic nitrogens is 2. The summed E-state index contributed by atoms with van der Waals surface area (Å²) in [6.45, 7) is 2.42. The number of nitrogens with zero attached hydrogens (tertiary/aromatic N) is 4. The molecule has 3 aromatic rings. The third-order valence-electron chi connectivity index (χ3n) is 4.60. The summed E-state index contributed by atoms with van der Waals surface area (Å²) in [5, 5.41) is 21.8. The highest BCUT2D eigenvalue weighted by atomic mass is 16.6. The molecule has 0 aliphatic carbocycles. The van der Waals surface area contributed by atoms with E-state index in [1.165, 1.54) is 12.1 Å². The molecule has 0 radical (unpaired) electrons. The van der Waals surface area contributed by atoms with Crippen LogP contribution >= 0.6 is 0 Å². The van der Waals surface area contributed by atoms with Gasteiger partial charge in [0.1, 0.15) is 0 Å². The van der Waals surface area contributed by atoms with Crippen LogP contribution in [-0.2, 0) is 6.42 Å². The second kappa shape index (κ2) is 8.89. The first-order valence-corrected chi connectivity index (χ1v) is 9.40. The molecular weight excluding hydrogens is 368 g/mol. The van der Waals surface area contributed by atoms with E-state index in [9.17, 15) is 15.2 Å². The van der Waals surface area contributed by atoms with Gasteiger partial charge in [-0.25, -0.2) is 9.97 Å². The van der Waals surface area contributed by atoms with E-state index in [1.807, 2.05) is 49.3 Å². The van der Waals surface area contributed by atoms with Gasteiger partial charge in [-0.15, -0.1) is 0 Å². The number of aliphatic hydroxyl groups is 1. The Labute approximate surface area is 169 Å². The first-order valence-electron chi connectivity index (χ1n) is 9.40. The van der Waals surface area contributed by atoms with Crippen LogP contribution in [0.15, 0.2) is 54.6 Å². The molecule has 3 rings (SSSR count). The Morgan fingerprint density at radius 2 is 1.76 bits per heavy atom. The summed E-state index contributed by atoms with van der Waals surface area (Å²) in [5.41, 5.74) is 3.28. The molecule has 7 nitrogen and oxygen atoms in total. The highest BCUT2D eigenvalue weighted by Crippen LogP contribution is 2.33. The zero-order valence-electron chi connectivity index (χ0n) is 16.7. The second-order valence-electron chi connectivity index (χ2n) is 7.16. The van der Waals surface area contributed by atoms with E-state index in [-0.39, 0.29) is 5.69 Å². The Morgan fingerprint density at radius 1 is 1.07 bits per heavy atom. The molecule has 0 aliphatic heterocycles. The molecule has 0 spiro atoms. The molecular formula is C22H24N4O3. The average Bonchev–Trinajstić information content (AvgIpc) is 2.72. The molecule has 7 heteroatoms. The minimum Gasteiger partial charge on any atom is -0.389 e. The first kappa shape index (κ1) is 20.6. The van der Waals surface area contributed by atoms with E-state index in [0.717, 1.165) is 17.8 Å². The number of benzene rings is 2. The van der Waals surface area contributed by atoms with Crippen molar-refractivity contribution in [1.82, 2.24) is 14.9 Å². The number of nitro groups is 1. The summed E-state index contributed by atoms with van der Waals surface area (Å²) in [6.07, 6.45) is -0.191. The molecule has 1 atom stereocenters. The lowest BCUT2D eigenvalue weighted by molar-refractivity contribution is -0.384. The number of likely N-dealkylation sites (N-methyl/N-ethyl adjacent to an activating group) is 1. The summed E-state index contributed by atoms with van der Waals surface area (Å²) in [4.78, 5) is 22.3. The molecule has 29 heavy (non-hydrogen) atoms. The molecule has 150 valence electrons. The summed E-state index contributed by atoms with van der Waals surface area (Å²) < 4.78 is 0. The summed E-state index contributed by atoms with van der Waals surface area (Å²) in [7, 11) is 3.95. The Hall–Kier alpha value is -3.16. The molecule has 0 amide bonds. The average molecular weight is 392 g/mol. The number of hydrogen-bond acceptors (Lipinski definition) is 6. The van der Waals surface area contributed by atoms with Crippen LogP contribution in [0.1, 0.15) is 24.3 Å². The van der Waals surface area contributed by atoms with Crippen molar-refractivity contribution in [1.29, 1.82) is 0 Å². The van der Waals surface area contributed by atoms with Crippen molar-refractivity contribution in [3.05, 3.63) is 76.0 Å². The van der Waals surface area contributed by atoms with Gasteiger partial charge in [0, 0.05) is 41.8 Å². The van der Waals surface area contributed by atoms with Crippen LogP contribution in [0.5, 0.6) is 0 Å². The van der Waals surface area contributed by atoms with Crippen molar-refractivity contribution in [2.45, 2.75) is 19.4 Å². The zero-order chi connectivity index (χ0) is 21.0. The van der Waals surface area contributed by atoms with Gasteiger partial charge in [0.15, 0.2) is 5.82 Å². The normalized spacial score (nSPS) is 12.2. The monoisotopic (exact) mass is 392 g/mol. The van der Waals surface area contributed by atoms with Gasteiger partial charge in [-0.2, -0.15) is 0 Å². The third kappa shape index (κ3) is 4.82. The van der Waals surface area contributed by atoms with E-state index in [2.05, 4.69) is 0 Å². The van der Waals surface area contributed by atoms with Gasteiger partial charge in [-0.05, 0) is 21.0 Å². The lowest BCUT2D eigenvalue weighted by atomic mass is 9.98. The molecule has 0 bridgehead atoms. The van der Waals surface area contributed by atoms with Gasteiger partial charge in [0.25, 0.3) is 5.69 Å². The highest BCUT2D eigenvalue weighted by molar-refractivity contribution is 5.70. The van der Waals surface area contributed by atoms with Crippen LogP contribution in [-0.4, -0.2) is 45.5 Å². The highest BCUT2D eigenvalue weighted by Gasteiger charge is 2.21. The number of aliphatic hydroxyl groups excluding tert-OH is 1. The molecule has 0 saturated carbocycles. The van der Waals surface area contributed by atoms with Crippen LogP contribution in [0, 0.1) is 10.1 Å². The van der Waals surface area contributed by atoms with Crippen molar-refractivity contribution in [3.8, 4) is 22.6 Å². The van der Waals surface area contributed by atoms with E-state index >= 15 is 0 Å². The van der Waals surface area contributed by atoms with Gasteiger partial charge < -0.3 is 10.0 Å². The van der Waals surface area contributed by atoms with Crippen molar-refractivity contribution < 1.29 is 10.0 Å². The Bertz CT molecular complexity index is 1000. The molecule has 1 N–H and O–H groups in total. The molecule has 0 aliphatic rings. The third-order valence-corrected chi connectivity index (χ3v) is 4.60. The maximum Gasteiger partial charge on any atom is 0.270 e. The smallest absolute Gasteiger partial charge is 0.270 e. The second-order valence-corrected chi connectivity index (χ2v) is 7.16. The fourth-order valence-electron chi connectivity index (χ4n) is 3.18. The Kier molecular flexibility index (Phi) is 6.31. The fourth-order valence-corrected chi connectivity index (χ4v) is 3.18. The minimum absolute atomic E-state index is 0.0197. The van der Waals surface area contributed by atoms with Crippen LogP contribution in [0.2, 0.25) is 0 Å². The number of rotatable bonds is 7. The summed E-state index contributed by atoms with van der Waals surface area (Å²) >= 11 is 0. The van der Waals surface area contributed by atoms with Crippen molar-refractivity contribution >= 4 is 5.69 Å². The van der Waals surface area contributed by atoms with Gasteiger partial charge in [0.2, 0.25) is 0 Å². The van der Waals surface area contributed by atoms with E-state index in [0.29, 0.717) is 29.1 Å². The Balaban J connectivity index is 2.25. The van der Waals surface area contributed by atoms with Gasteiger partial charge >= 0.3 is 0 Å². The van der Waals surface area contributed by atoms with E-state index in [4.69, 9.17) is 9.97 Å². The maximum atomic E-state index is 11.3. The van der Waals surface area contributed by atoms with Crippen LogP contribution < -0.4 is 0 Å². The lowest BCUT2D eigenvalue weighted by Crippen LogP contribution is -2.18. The van der Waals surface area contributed by atoms with Gasteiger partial charge in [0.05, 0.1) is 22.4 Å².